The van der Waals surface area contributed by atoms with Crippen LogP contribution in [-0.4, -0.2) is 25.6 Å². The number of aromatic carboxylic acids is 1. The third kappa shape index (κ3) is 3.71. The molecule has 3 aromatic rings. The van der Waals surface area contributed by atoms with E-state index in [1.54, 1.807) is 37.3 Å². The lowest BCUT2D eigenvalue weighted by Gasteiger charge is -2.09. The highest BCUT2D eigenvalue weighted by Crippen LogP contribution is 2.40. The molecule has 10 heteroatoms. The molecular formula is C18H14N2O6S2. The summed E-state index contributed by atoms with van der Waals surface area (Å²) in [4.78, 5) is 11.4. The first kappa shape index (κ1) is 19.8. The summed E-state index contributed by atoms with van der Waals surface area (Å²) in [6.45, 7) is 1.72. The van der Waals surface area contributed by atoms with Gasteiger partial charge in [0.15, 0.2) is 5.75 Å². The van der Waals surface area contributed by atoms with Crippen LogP contribution in [0.1, 0.15) is 15.9 Å². The van der Waals surface area contributed by atoms with Gasteiger partial charge in [0, 0.05) is 16.6 Å². The first-order chi connectivity index (χ1) is 13.2. The van der Waals surface area contributed by atoms with Gasteiger partial charge >= 0.3 is 5.97 Å². The van der Waals surface area contributed by atoms with Gasteiger partial charge in [0.25, 0.3) is 0 Å². The Morgan fingerprint density at radius 3 is 2.54 bits per heavy atom. The third-order valence-electron chi connectivity index (χ3n) is 3.97. The Morgan fingerprint density at radius 2 is 1.86 bits per heavy atom. The van der Waals surface area contributed by atoms with E-state index in [4.69, 9.17) is 16.4 Å². The molecular weight excluding hydrogens is 404 g/mol. The van der Waals surface area contributed by atoms with Gasteiger partial charge in [0.05, 0.1) is 4.90 Å². The first-order valence-corrected chi connectivity index (χ1v) is 10.2. The normalized spacial score (nSPS) is 13.6. The lowest BCUT2D eigenvalue weighted by atomic mass is 10.0. The summed E-state index contributed by atoms with van der Waals surface area (Å²) < 4.78 is 16.2. The monoisotopic (exact) mass is 418 g/mol. The molecule has 8 nitrogen and oxygen atoms in total. The molecule has 0 saturated heterocycles. The number of nitrogens with zero attached hydrogens (tertiary/aromatic N) is 2. The summed E-state index contributed by atoms with van der Waals surface area (Å²) in [7, 11) is -3.65. The highest BCUT2D eigenvalue weighted by molar-refractivity contribution is 8.30. The lowest BCUT2D eigenvalue weighted by Crippen LogP contribution is -2.02. The first-order valence-electron chi connectivity index (χ1n) is 7.83. The number of fused-ring (bicyclic) bond motifs is 1. The van der Waals surface area contributed by atoms with Crippen molar-refractivity contribution in [2.45, 2.75) is 11.8 Å². The van der Waals surface area contributed by atoms with Crippen LogP contribution in [0, 0.1) is 6.92 Å². The van der Waals surface area contributed by atoms with Crippen LogP contribution in [0.5, 0.6) is 5.75 Å². The second kappa shape index (κ2) is 7.60. The van der Waals surface area contributed by atoms with E-state index in [-0.39, 0.29) is 21.8 Å². The zero-order valence-corrected chi connectivity index (χ0v) is 16.0. The fourth-order valence-electron chi connectivity index (χ4n) is 2.63. The Bertz CT molecular complexity index is 1220. The predicted molar refractivity (Wildman–Crippen MR) is 105 cm³/mol. The van der Waals surface area contributed by atoms with E-state index in [1.807, 2.05) is 0 Å². The minimum absolute atomic E-state index is 0.0452. The van der Waals surface area contributed by atoms with E-state index in [0.717, 1.165) is 0 Å². The summed E-state index contributed by atoms with van der Waals surface area (Å²) in [5.41, 5.74) is 0.346. The van der Waals surface area contributed by atoms with Crippen LogP contribution in [0.4, 0.5) is 11.4 Å². The van der Waals surface area contributed by atoms with Crippen molar-refractivity contribution in [3.8, 4) is 5.75 Å². The molecule has 0 aliphatic heterocycles. The molecule has 3 rings (SSSR count). The van der Waals surface area contributed by atoms with Gasteiger partial charge in [-0.3, -0.25) is 0 Å². The number of aryl methyl sites for hydroxylation is 1. The molecule has 28 heavy (non-hydrogen) atoms. The highest BCUT2D eigenvalue weighted by Gasteiger charge is 2.19. The smallest absolute Gasteiger partial charge is 0.339 e. The largest absolute Gasteiger partial charge is 0.505 e. The van der Waals surface area contributed by atoms with Crippen molar-refractivity contribution in [1.82, 2.24) is 0 Å². The van der Waals surface area contributed by atoms with E-state index in [9.17, 15) is 19.2 Å². The number of aromatic hydroxyl groups is 1. The molecule has 0 fully saturated rings. The average molecular weight is 418 g/mol. The number of carboxylic acid groups (broad SMARTS) is 1. The van der Waals surface area contributed by atoms with E-state index >= 15 is 0 Å². The number of carbonyl (C=O) groups is 1. The van der Waals surface area contributed by atoms with Crippen molar-refractivity contribution in [2.24, 2.45) is 10.2 Å². The maximum absolute atomic E-state index is 12.3. The number of rotatable bonds is 5. The molecule has 0 bridgehead atoms. The number of hydrogen-bond donors (Lipinski definition) is 3. The quantitative estimate of drug-likeness (QED) is 0.316. The average Bonchev–Trinajstić information content (AvgIpc) is 2.67. The van der Waals surface area contributed by atoms with Crippen molar-refractivity contribution in [3.05, 3.63) is 59.7 Å². The molecule has 1 atom stereocenters. The van der Waals surface area contributed by atoms with Crippen LogP contribution in [0.25, 0.3) is 10.8 Å². The van der Waals surface area contributed by atoms with Gasteiger partial charge in [-0.1, -0.05) is 30.3 Å². The topological polar surface area (TPSA) is 129 Å². The second-order valence-electron chi connectivity index (χ2n) is 5.85. The van der Waals surface area contributed by atoms with Crippen LogP contribution in [0.2, 0.25) is 0 Å². The van der Waals surface area contributed by atoms with E-state index in [1.165, 1.54) is 18.2 Å². The van der Waals surface area contributed by atoms with Crippen molar-refractivity contribution < 1.29 is 28.8 Å². The minimum Gasteiger partial charge on any atom is -0.505 e. The summed E-state index contributed by atoms with van der Waals surface area (Å²) in [5, 5.41) is 37.6. The summed E-state index contributed by atoms with van der Waals surface area (Å²) >= 11 is 4.77. The molecule has 3 N–H and O–H groups in total. The summed E-state index contributed by atoms with van der Waals surface area (Å²) in [6, 6.07) is 12.6. The molecule has 0 amide bonds. The van der Waals surface area contributed by atoms with Crippen LogP contribution >= 0.6 is 0 Å². The minimum atomic E-state index is -3.65. The van der Waals surface area contributed by atoms with Gasteiger partial charge in [-0.25, -0.2) is 14.3 Å². The zero-order valence-electron chi connectivity index (χ0n) is 14.4. The Morgan fingerprint density at radius 1 is 1.14 bits per heavy atom. The summed E-state index contributed by atoms with van der Waals surface area (Å²) in [5.74, 6) is -1.88. The third-order valence-corrected chi connectivity index (χ3v) is 5.75. The molecule has 0 aliphatic rings. The van der Waals surface area contributed by atoms with Gasteiger partial charge in [0.2, 0.25) is 8.77 Å². The zero-order chi connectivity index (χ0) is 20.5. The van der Waals surface area contributed by atoms with Gasteiger partial charge < -0.3 is 10.2 Å². The molecule has 0 saturated carbocycles. The van der Waals surface area contributed by atoms with Crippen LogP contribution in [0.15, 0.2) is 63.7 Å². The van der Waals surface area contributed by atoms with E-state index in [2.05, 4.69) is 14.6 Å². The Balaban J connectivity index is 2.23. The van der Waals surface area contributed by atoms with Crippen LogP contribution in [-0.2, 0) is 24.3 Å². The lowest BCUT2D eigenvalue weighted by molar-refractivity contribution is -0.124. The van der Waals surface area contributed by atoms with Crippen molar-refractivity contribution in [1.29, 1.82) is 0 Å². The van der Waals surface area contributed by atoms with Crippen molar-refractivity contribution in [3.63, 3.8) is 0 Å². The fourth-order valence-corrected chi connectivity index (χ4v) is 3.81. The molecule has 3 aromatic carbocycles. The Kier molecular flexibility index (Phi) is 5.38. The Hall–Kier alpha value is -2.92. The van der Waals surface area contributed by atoms with Gasteiger partial charge in [-0.05, 0) is 36.1 Å². The molecule has 0 spiro atoms. The number of hydrogen-bond acceptors (Lipinski definition) is 8. The molecule has 1 unspecified atom stereocenters. The van der Waals surface area contributed by atoms with E-state index < -0.39 is 20.5 Å². The van der Waals surface area contributed by atoms with Crippen molar-refractivity contribution >= 4 is 48.1 Å². The second-order valence-corrected chi connectivity index (χ2v) is 8.66. The maximum Gasteiger partial charge on any atom is 0.339 e. The molecule has 0 heterocycles. The SMILES string of the molecule is Cc1ccc(N=Nc2c(O)c(C(=O)O)cc3ccccc23)c(S(=O)(=S)OO)c1. The van der Waals surface area contributed by atoms with Crippen LogP contribution in [0.3, 0.4) is 0 Å². The number of phenols is 1. The highest BCUT2D eigenvalue weighted by atomic mass is 32.8. The molecule has 144 valence electrons. The standard InChI is InChI=1S/C18H14N2O6S2/c1-10-6-7-14(15(8-10)28(25,27)26-24)19-20-16-12-5-3-2-4-11(12)9-13(17(16)21)18(22)23/h2-9,21,24H,1H3,(H,22,23). The summed E-state index contributed by atoms with van der Waals surface area (Å²) in [6.07, 6.45) is 0. The predicted octanol–water partition coefficient (Wildman–Crippen LogP) is 4.48. The van der Waals surface area contributed by atoms with E-state index in [0.29, 0.717) is 16.3 Å². The molecule has 0 aromatic heterocycles. The fraction of sp³-hybridized carbons (Fsp3) is 0.0556. The van der Waals surface area contributed by atoms with Gasteiger partial charge in [-0.2, -0.15) is 0 Å². The van der Waals surface area contributed by atoms with Gasteiger partial charge in [0.1, 0.15) is 16.9 Å². The van der Waals surface area contributed by atoms with Crippen molar-refractivity contribution in [2.75, 3.05) is 0 Å². The maximum atomic E-state index is 12.3. The number of azo groups is 1. The Labute approximate surface area is 164 Å². The molecule has 0 aliphatic carbocycles. The molecule has 0 radical (unpaired) electrons. The number of benzene rings is 3. The van der Waals surface area contributed by atoms with Crippen LogP contribution < -0.4 is 0 Å². The van der Waals surface area contributed by atoms with Gasteiger partial charge in [-0.15, -0.1) is 14.6 Å². The number of carboxylic acids is 1.